The SMILES string of the molecule is O=C(N[C@@H](Cc1ccccc1)C(=O)NN(C[C@H]1CCNC1=O)C(=O)[C@H](F)Cl)c1cc2c(F)cccc2[nH]1. The number of amides is 4. The lowest BCUT2D eigenvalue weighted by Crippen LogP contribution is -2.57. The number of hydrogen-bond acceptors (Lipinski definition) is 4. The van der Waals surface area contributed by atoms with Crippen molar-refractivity contribution in [1.29, 1.82) is 0 Å². The summed E-state index contributed by atoms with van der Waals surface area (Å²) in [4.78, 5) is 53.5. The molecule has 4 amide bonds. The summed E-state index contributed by atoms with van der Waals surface area (Å²) >= 11 is 5.34. The molecule has 1 fully saturated rings. The summed E-state index contributed by atoms with van der Waals surface area (Å²) in [5, 5.41) is 6.07. The molecule has 0 radical (unpaired) electrons. The van der Waals surface area contributed by atoms with Crippen molar-refractivity contribution < 1.29 is 28.0 Å². The van der Waals surface area contributed by atoms with Crippen molar-refractivity contribution >= 4 is 46.1 Å². The number of alkyl halides is 2. The number of H-pyrrole nitrogens is 1. The highest BCUT2D eigenvalue weighted by molar-refractivity contribution is 6.29. The van der Waals surface area contributed by atoms with Gasteiger partial charge in [0, 0.05) is 23.9 Å². The fourth-order valence-electron chi connectivity index (χ4n) is 4.09. The summed E-state index contributed by atoms with van der Waals surface area (Å²) in [5.74, 6) is -4.28. The molecule has 3 atom stereocenters. The van der Waals surface area contributed by atoms with Crippen molar-refractivity contribution in [1.82, 2.24) is 26.1 Å². The molecular formula is C25H24ClF2N5O4. The summed E-state index contributed by atoms with van der Waals surface area (Å²) in [6.45, 7) is 0.0913. The van der Waals surface area contributed by atoms with Crippen LogP contribution in [0.3, 0.4) is 0 Å². The van der Waals surface area contributed by atoms with Gasteiger partial charge in [-0.2, -0.15) is 0 Å². The average Bonchev–Trinajstić information content (AvgIpc) is 3.50. The van der Waals surface area contributed by atoms with Gasteiger partial charge in [-0.1, -0.05) is 48.0 Å². The number of aromatic nitrogens is 1. The third kappa shape index (κ3) is 6.23. The minimum absolute atomic E-state index is 0.0195. The van der Waals surface area contributed by atoms with Gasteiger partial charge in [0.05, 0.1) is 12.5 Å². The minimum Gasteiger partial charge on any atom is -0.356 e. The molecule has 0 spiro atoms. The second-order valence-corrected chi connectivity index (χ2v) is 8.99. The third-order valence-corrected chi connectivity index (χ3v) is 6.21. The van der Waals surface area contributed by atoms with E-state index in [1.54, 1.807) is 36.4 Å². The van der Waals surface area contributed by atoms with E-state index < -0.39 is 41.1 Å². The maximum Gasteiger partial charge on any atom is 0.291 e. The molecule has 0 bridgehead atoms. The number of carbonyl (C=O) groups is 4. The highest BCUT2D eigenvalue weighted by Gasteiger charge is 2.33. The smallest absolute Gasteiger partial charge is 0.291 e. The van der Waals surface area contributed by atoms with Crippen LogP contribution in [0.5, 0.6) is 0 Å². The zero-order chi connectivity index (χ0) is 26.5. The van der Waals surface area contributed by atoms with Crippen LogP contribution in [0.4, 0.5) is 8.78 Å². The summed E-state index contributed by atoms with van der Waals surface area (Å²) < 4.78 is 27.8. The molecule has 1 aromatic heterocycles. The van der Waals surface area contributed by atoms with Crippen molar-refractivity contribution in [3.05, 3.63) is 71.7 Å². The number of halogens is 3. The van der Waals surface area contributed by atoms with E-state index in [0.717, 1.165) is 0 Å². The number of hydrogen-bond donors (Lipinski definition) is 4. The number of aromatic amines is 1. The van der Waals surface area contributed by atoms with Crippen LogP contribution in [0.2, 0.25) is 0 Å². The molecule has 1 aliphatic heterocycles. The largest absolute Gasteiger partial charge is 0.356 e. The molecule has 1 aliphatic rings. The molecule has 37 heavy (non-hydrogen) atoms. The molecule has 4 N–H and O–H groups in total. The molecule has 4 rings (SSSR count). The van der Waals surface area contributed by atoms with Crippen LogP contribution in [0.15, 0.2) is 54.6 Å². The summed E-state index contributed by atoms with van der Waals surface area (Å²) in [5.41, 5.74) is 0.977. The molecule has 0 aliphatic carbocycles. The third-order valence-electron chi connectivity index (χ3n) is 6.02. The van der Waals surface area contributed by atoms with E-state index in [0.29, 0.717) is 29.1 Å². The predicted octanol–water partition coefficient (Wildman–Crippen LogP) is 2.18. The molecule has 9 nitrogen and oxygen atoms in total. The van der Waals surface area contributed by atoms with Crippen LogP contribution in [-0.4, -0.2) is 58.4 Å². The van der Waals surface area contributed by atoms with Gasteiger partial charge in [0.1, 0.15) is 17.6 Å². The van der Waals surface area contributed by atoms with Crippen molar-refractivity contribution in [2.45, 2.75) is 24.5 Å². The van der Waals surface area contributed by atoms with E-state index in [9.17, 15) is 28.0 Å². The molecule has 2 heterocycles. The second kappa shape index (κ2) is 11.4. The first-order valence-electron chi connectivity index (χ1n) is 11.5. The number of carbonyl (C=O) groups excluding carboxylic acids is 4. The quantitative estimate of drug-likeness (QED) is 0.263. The number of benzene rings is 2. The number of nitrogens with one attached hydrogen (secondary N) is 4. The Bertz CT molecular complexity index is 1320. The molecule has 1 saturated heterocycles. The van der Waals surface area contributed by atoms with Gasteiger partial charge in [0.25, 0.3) is 23.4 Å². The lowest BCUT2D eigenvalue weighted by atomic mass is 10.1. The van der Waals surface area contributed by atoms with Crippen LogP contribution >= 0.6 is 11.6 Å². The molecule has 194 valence electrons. The van der Waals surface area contributed by atoms with Crippen molar-refractivity contribution in [2.75, 3.05) is 13.1 Å². The fraction of sp³-hybridized carbons (Fsp3) is 0.280. The first-order chi connectivity index (χ1) is 17.7. The van der Waals surface area contributed by atoms with Gasteiger partial charge in [-0.3, -0.25) is 24.6 Å². The normalized spacial score (nSPS) is 16.6. The Labute approximate surface area is 215 Å². The summed E-state index contributed by atoms with van der Waals surface area (Å²) in [7, 11) is 0. The standard InChI is InChI=1S/C25H24ClF2N5O4/c26-21(28)25(37)33(13-15-9-10-29-22(15)34)32-24(36)19(11-14-5-2-1-3-6-14)31-23(35)20-12-16-17(27)7-4-8-18(16)30-20/h1-8,12,15,19,21,30H,9-11,13H2,(H,29,34)(H,31,35)(H,32,36)/t15-,19+,21+/m1/s1. The zero-order valence-corrected chi connectivity index (χ0v) is 20.2. The highest BCUT2D eigenvalue weighted by atomic mass is 35.5. The minimum atomic E-state index is -2.45. The van der Waals surface area contributed by atoms with Gasteiger partial charge in [0.2, 0.25) is 5.91 Å². The predicted molar refractivity (Wildman–Crippen MR) is 131 cm³/mol. The van der Waals surface area contributed by atoms with Gasteiger partial charge in [-0.25, -0.2) is 13.8 Å². The molecule has 2 aromatic carbocycles. The van der Waals surface area contributed by atoms with E-state index >= 15 is 0 Å². The fourth-order valence-corrected chi connectivity index (χ4v) is 4.21. The highest BCUT2D eigenvalue weighted by Crippen LogP contribution is 2.19. The second-order valence-electron chi connectivity index (χ2n) is 8.60. The maximum absolute atomic E-state index is 14.1. The molecule has 3 aromatic rings. The first kappa shape index (κ1) is 26.1. The molecular weight excluding hydrogens is 508 g/mol. The molecule has 0 saturated carbocycles. The van der Waals surface area contributed by atoms with Gasteiger partial charge in [-0.15, -0.1) is 0 Å². The lowest BCUT2D eigenvalue weighted by molar-refractivity contribution is -0.145. The van der Waals surface area contributed by atoms with Crippen LogP contribution < -0.4 is 16.1 Å². The first-order valence-corrected chi connectivity index (χ1v) is 12.0. The number of hydrazine groups is 1. The maximum atomic E-state index is 14.1. The number of rotatable bonds is 8. The Morgan fingerprint density at radius 2 is 1.89 bits per heavy atom. The van der Waals surface area contributed by atoms with Gasteiger partial charge < -0.3 is 15.6 Å². The van der Waals surface area contributed by atoms with E-state index in [4.69, 9.17) is 11.6 Å². The van der Waals surface area contributed by atoms with E-state index in [-0.39, 0.29) is 30.0 Å². The van der Waals surface area contributed by atoms with Crippen molar-refractivity contribution in [2.24, 2.45) is 5.92 Å². The average molecular weight is 532 g/mol. The van der Waals surface area contributed by atoms with Crippen LogP contribution in [-0.2, 0) is 20.8 Å². The zero-order valence-electron chi connectivity index (χ0n) is 19.5. The monoisotopic (exact) mass is 531 g/mol. The van der Waals surface area contributed by atoms with Crippen molar-refractivity contribution in [3.8, 4) is 0 Å². The van der Waals surface area contributed by atoms with Crippen LogP contribution in [0, 0.1) is 11.7 Å². The van der Waals surface area contributed by atoms with Gasteiger partial charge in [-0.05, 0) is 30.2 Å². The van der Waals surface area contributed by atoms with E-state index in [1.165, 1.54) is 18.2 Å². The topological polar surface area (TPSA) is 123 Å². The van der Waals surface area contributed by atoms with E-state index in [2.05, 4.69) is 21.0 Å². The number of fused-ring (bicyclic) bond motifs is 1. The molecule has 12 heteroatoms. The van der Waals surface area contributed by atoms with E-state index in [1.807, 2.05) is 0 Å². The van der Waals surface area contributed by atoms with Crippen LogP contribution in [0.25, 0.3) is 10.9 Å². The Morgan fingerprint density at radius 1 is 1.14 bits per heavy atom. The van der Waals surface area contributed by atoms with Crippen molar-refractivity contribution in [3.63, 3.8) is 0 Å². The summed E-state index contributed by atoms with van der Waals surface area (Å²) in [6.07, 6.45) is 0.414. The Balaban J connectivity index is 1.56. The van der Waals surface area contributed by atoms with Crippen LogP contribution in [0.1, 0.15) is 22.5 Å². The summed E-state index contributed by atoms with van der Waals surface area (Å²) in [6, 6.07) is 13.2. The Hall–Kier alpha value is -3.99. The lowest BCUT2D eigenvalue weighted by Gasteiger charge is -2.28. The van der Waals surface area contributed by atoms with Gasteiger partial charge in [0.15, 0.2) is 0 Å². The Morgan fingerprint density at radius 3 is 2.54 bits per heavy atom. The van der Waals surface area contributed by atoms with Gasteiger partial charge >= 0.3 is 0 Å². The number of nitrogens with zero attached hydrogens (tertiary/aromatic N) is 1. The Kier molecular flexibility index (Phi) is 8.02. The molecule has 0 unspecified atom stereocenters.